The largest absolute Gasteiger partial charge is 0.508 e. The quantitative estimate of drug-likeness (QED) is 0.0290. The number of aliphatic carboxylic acids is 1. The second-order valence-corrected chi connectivity index (χ2v) is 14.5. The van der Waals surface area contributed by atoms with Gasteiger partial charge >= 0.3 is 11.9 Å². The Labute approximate surface area is 365 Å². The van der Waals surface area contributed by atoms with Gasteiger partial charge in [0.05, 0.1) is 25.2 Å². The lowest BCUT2D eigenvalue weighted by molar-refractivity contribution is -0.285. The van der Waals surface area contributed by atoms with E-state index in [0.717, 1.165) is 6.08 Å². The van der Waals surface area contributed by atoms with Crippen molar-refractivity contribution in [2.75, 3.05) is 31.5 Å². The molecule has 64 heavy (non-hydrogen) atoms. The summed E-state index contributed by atoms with van der Waals surface area (Å²) in [6.07, 6.45) is -7.66. The molecule has 6 rings (SSSR count). The Morgan fingerprint density at radius 3 is 2.03 bits per heavy atom. The van der Waals surface area contributed by atoms with Gasteiger partial charge in [-0.25, -0.2) is 9.59 Å². The van der Waals surface area contributed by atoms with Crippen molar-refractivity contribution in [1.29, 1.82) is 0 Å². The Hall–Kier alpha value is -7.63. The van der Waals surface area contributed by atoms with E-state index < -0.39 is 92.3 Å². The third-order valence-electron chi connectivity index (χ3n) is 9.57. The topological polar surface area (TPSA) is 336 Å². The fourth-order valence-electron chi connectivity index (χ4n) is 6.44. The first-order valence-corrected chi connectivity index (χ1v) is 19.4. The molecule has 1 saturated heterocycles. The number of phenolic OH excluding ortho intramolecular Hbond substituents is 2. The van der Waals surface area contributed by atoms with Gasteiger partial charge in [0, 0.05) is 40.9 Å². The van der Waals surface area contributed by atoms with Gasteiger partial charge in [-0.15, -0.1) is 0 Å². The van der Waals surface area contributed by atoms with Crippen LogP contribution in [0.5, 0.6) is 11.5 Å². The zero-order valence-corrected chi connectivity index (χ0v) is 33.8. The molecular weight excluding hydrogens is 863 g/mol. The van der Waals surface area contributed by atoms with Crippen LogP contribution < -0.4 is 32.0 Å². The summed E-state index contributed by atoms with van der Waals surface area (Å²) in [5.74, 6) is -5.81. The molecule has 22 heteroatoms. The molecule has 2 heterocycles. The summed E-state index contributed by atoms with van der Waals surface area (Å²) in [7, 11) is 0. The van der Waals surface area contributed by atoms with Gasteiger partial charge in [-0.05, 0) is 78.0 Å². The predicted molar refractivity (Wildman–Crippen MR) is 228 cm³/mol. The van der Waals surface area contributed by atoms with E-state index in [1.165, 1.54) is 66.7 Å². The van der Waals surface area contributed by atoms with E-state index in [0.29, 0.717) is 22.1 Å². The molecule has 0 unspecified atom stereocenters. The average molecular weight is 902 g/mol. The number of carbonyl (C=O) groups excluding carboxylic acids is 3. The van der Waals surface area contributed by atoms with Crippen LogP contribution in [0, 0.1) is 0 Å². The number of hydrogen-bond donors (Lipinski definition) is 12. The molecule has 0 saturated carbocycles. The van der Waals surface area contributed by atoms with Crippen molar-refractivity contribution in [1.82, 2.24) is 21.3 Å². The number of aromatic hydroxyl groups is 2. The van der Waals surface area contributed by atoms with Crippen LogP contribution >= 0.6 is 12.2 Å². The maximum absolute atomic E-state index is 12.5. The van der Waals surface area contributed by atoms with Gasteiger partial charge in [-0.2, -0.15) is 0 Å². The Morgan fingerprint density at radius 1 is 0.719 bits per heavy atom. The van der Waals surface area contributed by atoms with E-state index in [4.69, 9.17) is 26.1 Å². The molecule has 0 radical (unpaired) electrons. The monoisotopic (exact) mass is 901 g/mol. The van der Waals surface area contributed by atoms with Crippen molar-refractivity contribution in [3.63, 3.8) is 0 Å². The van der Waals surface area contributed by atoms with Gasteiger partial charge in [0.15, 0.2) is 10.5 Å². The van der Waals surface area contributed by atoms with Crippen LogP contribution in [0.15, 0.2) is 93.8 Å². The molecule has 21 nitrogen and oxygen atoms in total. The first-order chi connectivity index (χ1) is 30.5. The molecule has 3 amide bonds. The molecule has 3 aromatic rings. The number of hydrogen-bond acceptors (Lipinski definition) is 15. The van der Waals surface area contributed by atoms with Crippen molar-refractivity contribution in [3.8, 4) is 33.9 Å². The van der Waals surface area contributed by atoms with Crippen LogP contribution in [-0.2, 0) is 28.7 Å². The molecule has 0 bridgehead atoms. The summed E-state index contributed by atoms with van der Waals surface area (Å²) in [5.41, 5.74) is 1.43. The SMILES string of the molecule is O=C(CNC(=O)CNC(=S)Nc1ccc(-c2c3ccc(=O)cc-3oc3cc(O)ccc23)c(C(=O)O)c1)NCC(=O)NC[C@H]1O[C@@H](O/C(=C/c2ccc(O)cc2)C(=O)O)[C@H](O)[C@@H](O)[C@H]1O. The lowest BCUT2D eigenvalue weighted by atomic mass is 9.90. The number of carboxylic acid groups (broad SMARTS) is 2. The zero-order valence-electron chi connectivity index (χ0n) is 33.0. The maximum Gasteiger partial charge on any atom is 0.371 e. The number of aromatic carboxylic acids is 1. The van der Waals surface area contributed by atoms with Gasteiger partial charge in [-0.3, -0.25) is 19.2 Å². The van der Waals surface area contributed by atoms with Crippen molar-refractivity contribution in [2.45, 2.75) is 30.7 Å². The molecule has 1 fully saturated rings. The number of amides is 3. The number of ether oxygens (including phenoxy) is 2. The minimum atomic E-state index is -1.90. The number of aliphatic hydroxyl groups is 3. The van der Waals surface area contributed by atoms with Gasteiger partial charge in [0.1, 0.15) is 47.3 Å². The standard InChI is InChI=1S/C42H39N5O16S/c48-21-4-1-19(2-5-21)11-30(40(59)60)62-41-38(56)37(55)36(54)31(63-41)15-43-32(51)16-44-33(52)17-45-34(53)18-46-42(64)47-20-3-8-24(27(12-20)39(57)58)35-25-9-6-22(49)13-28(25)61-29-14-23(50)7-10-26(29)35/h1-14,31,36-38,41,48-49,54-56H,15-18H2,(H,43,51)(H,44,52)(H,45,53)(H,57,58)(H,59,60)(H2,46,47,64)/b30-11+/t31-,36+,37+,38-,41-/m1/s1. The number of phenols is 2. The second-order valence-electron chi connectivity index (χ2n) is 14.1. The van der Waals surface area contributed by atoms with Crippen LogP contribution in [0.3, 0.4) is 0 Å². The summed E-state index contributed by atoms with van der Waals surface area (Å²) < 4.78 is 16.6. The number of aliphatic hydroxyl groups excluding tert-OH is 3. The average Bonchev–Trinajstić information content (AvgIpc) is 3.26. The Balaban J connectivity index is 0.959. The molecule has 2 aliphatic heterocycles. The van der Waals surface area contributed by atoms with E-state index in [1.54, 1.807) is 12.1 Å². The first kappa shape index (κ1) is 45.9. The zero-order chi connectivity index (χ0) is 46.2. The molecule has 3 aliphatic rings. The number of fused-ring (bicyclic) bond motifs is 2. The van der Waals surface area contributed by atoms with Crippen molar-refractivity contribution >= 4 is 69.7 Å². The van der Waals surface area contributed by atoms with E-state index in [1.807, 2.05) is 0 Å². The van der Waals surface area contributed by atoms with Gasteiger partial charge in [0.25, 0.3) is 0 Å². The Kier molecular flexibility index (Phi) is 14.4. The lowest BCUT2D eigenvalue weighted by Gasteiger charge is -2.40. The molecule has 5 atom stereocenters. The summed E-state index contributed by atoms with van der Waals surface area (Å²) in [5, 5.41) is 83.3. The summed E-state index contributed by atoms with van der Waals surface area (Å²) >= 11 is 5.27. The number of thiocarbonyl (C=S) groups is 1. The number of benzene rings is 4. The second kappa shape index (κ2) is 20.0. The van der Waals surface area contributed by atoms with Crippen LogP contribution in [0.4, 0.5) is 5.69 Å². The number of carboxylic acids is 2. The fraction of sp³-hybridized carbons (Fsp3) is 0.214. The van der Waals surface area contributed by atoms with E-state index in [9.17, 15) is 64.5 Å². The van der Waals surface area contributed by atoms with Crippen LogP contribution in [0.25, 0.3) is 39.5 Å². The maximum atomic E-state index is 12.5. The molecule has 1 aliphatic carbocycles. The number of nitrogens with one attached hydrogen (secondary N) is 5. The molecular formula is C42H39N5O16S. The van der Waals surface area contributed by atoms with E-state index >= 15 is 0 Å². The van der Waals surface area contributed by atoms with Crippen LogP contribution in [0.2, 0.25) is 0 Å². The summed E-state index contributed by atoms with van der Waals surface area (Å²) in [6.45, 7) is -2.04. The van der Waals surface area contributed by atoms with E-state index in [2.05, 4.69) is 26.6 Å². The van der Waals surface area contributed by atoms with Crippen molar-refractivity contribution in [3.05, 3.63) is 106 Å². The number of rotatable bonds is 15. The third-order valence-corrected chi connectivity index (χ3v) is 9.82. The highest BCUT2D eigenvalue weighted by Crippen LogP contribution is 2.42. The van der Waals surface area contributed by atoms with Gasteiger partial charge in [-0.1, -0.05) is 18.2 Å². The Bertz CT molecular complexity index is 2670. The van der Waals surface area contributed by atoms with Crippen LogP contribution in [0.1, 0.15) is 15.9 Å². The van der Waals surface area contributed by atoms with Crippen LogP contribution in [-0.4, -0.2) is 127 Å². The predicted octanol–water partition coefficient (Wildman–Crippen LogP) is 0.259. The highest BCUT2D eigenvalue weighted by molar-refractivity contribution is 7.80. The fourth-order valence-corrected chi connectivity index (χ4v) is 6.63. The Morgan fingerprint density at radius 2 is 1.36 bits per heavy atom. The minimum Gasteiger partial charge on any atom is -0.508 e. The summed E-state index contributed by atoms with van der Waals surface area (Å²) in [6, 6.07) is 18.2. The van der Waals surface area contributed by atoms with Crippen molar-refractivity contribution < 1.29 is 73.6 Å². The van der Waals surface area contributed by atoms with E-state index in [-0.39, 0.29) is 50.2 Å². The highest BCUT2D eigenvalue weighted by atomic mass is 32.1. The molecule has 0 aromatic heterocycles. The molecule has 3 aromatic carbocycles. The minimum absolute atomic E-state index is 0.0742. The lowest BCUT2D eigenvalue weighted by Crippen LogP contribution is -2.60. The smallest absolute Gasteiger partial charge is 0.371 e. The normalized spacial score (nSPS) is 18.4. The highest BCUT2D eigenvalue weighted by Gasteiger charge is 2.45. The molecule has 12 N–H and O–H groups in total. The number of anilines is 1. The first-order valence-electron chi connectivity index (χ1n) is 19.0. The van der Waals surface area contributed by atoms with Gasteiger partial charge < -0.3 is 76.2 Å². The van der Waals surface area contributed by atoms with Crippen molar-refractivity contribution in [2.24, 2.45) is 0 Å². The number of carbonyl (C=O) groups is 5. The van der Waals surface area contributed by atoms with Gasteiger partial charge in [0.2, 0.25) is 29.8 Å². The molecule has 334 valence electrons. The summed E-state index contributed by atoms with van der Waals surface area (Å²) in [4.78, 5) is 73.7. The molecule has 0 spiro atoms. The third kappa shape index (κ3) is 11.2.